The first-order chi connectivity index (χ1) is 15.5. The molecule has 10 heteroatoms. The van der Waals surface area contributed by atoms with Crippen LogP contribution in [0.15, 0.2) is 71.5 Å². The summed E-state index contributed by atoms with van der Waals surface area (Å²) in [6, 6.07) is 12.8. The Bertz CT molecular complexity index is 1390. The summed E-state index contributed by atoms with van der Waals surface area (Å²) >= 11 is 0. The molecule has 0 spiro atoms. The lowest BCUT2D eigenvalue weighted by molar-refractivity contribution is -0.140. The molecule has 1 aromatic heterocycles. The smallest absolute Gasteiger partial charge is 0.287 e. The second-order valence-corrected chi connectivity index (χ2v) is 7.21. The summed E-state index contributed by atoms with van der Waals surface area (Å²) in [7, 11) is 0. The van der Waals surface area contributed by atoms with Gasteiger partial charge in [0.1, 0.15) is 11.5 Å². The third kappa shape index (κ3) is 4.33. The zero-order valence-electron chi connectivity index (χ0n) is 16.5. The van der Waals surface area contributed by atoms with Crippen LogP contribution in [0.1, 0.15) is 16.7 Å². The van der Waals surface area contributed by atoms with Crippen LogP contribution in [0.3, 0.4) is 0 Å². The highest BCUT2D eigenvalue weighted by molar-refractivity contribution is 5.82. The van der Waals surface area contributed by atoms with Crippen LogP contribution in [0.25, 0.3) is 22.2 Å². The molecule has 0 aliphatic heterocycles. The van der Waals surface area contributed by atoms with Crippen LogP contribution in [-0.4, -0.2) is 9.78 Å². The van der Waals surface area contributed by atoms with Gasteiger partial charge in [0, 0.05) is 10.9 Å². The van der Waals surface area contributed by atoms with Gasteiger partial charge in [-0.2, -0.15) is 31.4 Å². The number of rotatable bonds is 3. The van der Waals surface area contributed by atoms with Crippen molar-refractivity contribution in [2.24, 2.45) is 0 Å². The first-order valence-corrected chi connectivity index (χ1v) is 9.49. The van der Waals surface area contributed by atoms with Gasteiger partial charge in [0.05, 0.1) is 23.2 Å². The van der Waals surface area contributed by atoms with Crippen LogP contribution in [0.2, 0.25) is 0 Å². The van der Waals surface area contributed by atoms with Gasteiger partial charge < -0.3 is 0 Å². The zero-order valence-corrected chi connectivity index (χ0v) is 16.5. The Kier molecular flexibility index (Phi) is 5.47. The minimum atomic E-state index is -4.98. The highest BCUT2D eigenvalue weighted by Gasteiger charge is 2.35. The number of para-hydroxylation sites is 1. The second kappa shape index (κ2) is 8.02. The van der Waals surface area contributed by atoms with Gasteiger partial charge >= 0.3 is 12.4 Å². The number of fused-ring (bicyclic) bond motifs is 1. The van der Waals surface area contributed by atoms with Gasteiger partial charge in [0.25, 0.3) is 0 Å². The minimum absolute atomic E-state index is 0.0752. The normalized spacial score (nSPS) is 12.3. The molecule has 33 heavy (non-hydrogen) atoms. The van der Waals surface area contributed by atoms with Crippen molar-refractivity contribution in [2.75, 3.05) is 0 Å². The van der Waals surface area contributed by atoms with E-state index in [0.29, 0.717) is 17.1 Å². The highest BCUT2D eigenvalue weighted by Crippen LogP contribution is 2.35. The largest absolute Gasteiger partial charge is 0.419 e. The SMILES string of the molecule is O=c1c(-c2cccc(C(F)(F)F)c2F)nn(Cc2ccc(C(F)(F)F)cc2)c2ccccc12. The van der Waals surface area contributed by atoms with Gasteiger partial charge in [-0.15, -0.1) is 0 Å². The molecule has 0 atom stereocenters. The molecule has 0 unspecified atom stereocenters. The fourth-order valence-corrected chi connectivity index (χ4v) is 3.44. The average Bonchev–Trinajstić information content (AvgIpc) is 2.75. The molecule has 0 saturated carbocycles. The molecule has 0 aliphatic rings. The maximum Gasteiger partial charge on any atom is 0.419 e. The van der Waals surface area contributed by atoms with E-state index in [1.54, 1.807) is 6.07 Å². The summed E-state index contributed by atoms with van der Waals surface area (Å²) in [6.07, 6.45) is -9.49. The predicted molar refractivity (Wildman–Crippen MR) is 107 cm³/mol. The first-order valence-electron chi connectivity index (χ1n) is 9.49. The lowest BCUT2D eigenvalue weighted by Crippen LogP contribution is -2.18. The summed E-state index contributed by atoms with van der Waals surface area (Å²) in [4.78, 5) is 13.0. The monoisotopic (exact) mass is 466 g/mol. The maximum atomic E-state index is 14.7. The van der Waals surface area contributed by atoms with E-state index >= 15 is 0 Å². The Morgan fingerprint density at radius 3 is 2.09 bits per heavy atom. The van der Waals surface area contributed by atoms with Gasteiger partial charge in [-0.3, -0.25) is 9.48 Å². The third-order valence-electron chi connectivity index (χ3n) is 5.04. The molecule has 0 fully saturated rings. The van der Waals surface area contributed by atoms with E-state index in [1.165, 1.54) is 35.0 Å². The molecule has 3 aromatic carbocycles. The van der Waals surface area contributed by atoms with Crippen LogP contribution in [-0.2, 0) is 18.9 Å². The maximum absolute atomic E-state index is 14.7. The standard InChI is InChI=1S/C23H13F7N2O/c24-19-16(5-3-6-17(19)23(28,29)30)20-21(33)15-4-1-2-7-18(15)32(31-20)12-13-8-10-14(11-9-13)22(25,26)27/h1-11H,12H2. The van der Waals surface area contributed by atoms with Crippen LogP contribution >= 0.6 is 0 Å². The molecular formula is C23H13F7N2O. The Balaban J connectivity index is 1.88. The quantitative estimate of drug-likeness (QED) is 0.333. The predicted octanol–water partition coefficient (Wildman–Crippen LogP) is 6.29. The number of nitrogens with zero attached hydrogens (tertiary/aromatic N) is 2. The lowest BCUT2D eigenvalue weighted by Gasteiger charge is -2.15. The number of hydrogen-bond acceptors (Lipinski definition) is 2. The molecule has 170 valence electrons. The molecule has 0 amide bonds. The Hall–Kier alpha value is -3.69. The Labute approximate surface area is 181 Å². The Morgan fingerprint density at radius 2 is 1.45 bits per heavy atom. The molecule has 0 saturated heterocycles. The minimum Gasteiger partial charge on any atom is -0.287 e. The van der Waals surface area contributed by atoms with Crippen molar-refractivity contribution >= 4 is 10.9 Å². The molecular weight excluding hydrogens is 453 g/mol. The number of halogens is 7. The summed E-state index contributed by atoms with van der Waals surface area (Å²) in [6.45, 7) is -0.105. The summed E-state index contributed by atoms with van der Waals surface area (Å²) in [5, 5.41) is 4.17. The fraction of sp³-hybridized carbons (Fsp3) is 0.130. The van der Waals surface area contributed by atoms with E-state index < -0.39 is 46.0 Å². The summed E-state index contributed by atoms with van der Waals surface area (Å²) < 4.78 is 93.9. The third-order valence-corrected chi connectivity index (χ3v) is 5.04. The van der Waals surface area contributed by atoms with Gasteiger partial charge in [-0.1, -0.05) is 30.3 Å². The molecule has 3 nitrogen and oxygen atoms in total. The fourth-order valence-electron chi connectivity index (χ4n) is 3.44. The van der Waals surface area contributed by atoms with Crippen molar-refractivity contribution in [1.29, 1.82) is 0 Å². The molecule has 0 N–H and O–H groups in total. The van der Waals surface area contributed by atoms with Crippen molar-refractivity contribution < 1.29 is 30.7 Å². The van der Waals surface area contributed by atoms with Crippen LogP contribution in [0.5, 0.6) is 0 Å². The van der Waals surface area contributed by atoms with E-state index in [9.17, 15) is 35.5 Å². The molecule has 0 bridgehead atoms. The highest BCUT2D eigenvalue weighted by atomic mass is 19.4. The van der Waals surface area contributed by atoms with Crippen LogP contribution < -0.4 is 5.43 Å². The van der Waals surface area contributed by atoms with E-state index in [1.807, 2.05) is 0 Å². The molecule has 4 aromatic rings. The number of benzene rings is 3. The average molecular weight is 466 g/mol. The van der Waals surface area contributed by atoms with E-state index in [0.717, 1.165) is 24.3 Å². The second-order valence-electron chi connectivity index (χ2n) is 7.21. The summed E-state index contributed by atoms with van der Waals surface area (Å²) in [5.74, 6) is -1.63. The molecule has 0 aliphatic carbocycles. The van der Waals surface area contributed by atoms with Gasteiger partial charge in [0.2, 0.25) is 5.43 Å². The van der Waals surface area contributed by atoms with Crippen molar-refractivity contribution in [2.45, 2.75) is 18.9 Å². The van der Waals surface area contributed by atoms with Crippen molar-refractivity contribution in [3.63, 3.8) is 0 Å². The van der Waals surface area contributed by atoms with Crippen molar-refractivity contribution in [3.05, 3.63) is 99.5 Å². The number of hydrogen-bond donors (Lipinski definition) is 0. The lowest BCUT2D eigenvalue weighted by atomic mass is 10.0. The zero-order chi connectivity index (χ0) is 24.0. The topological polar surface area (TPSA) is 34.9 Å². The van der Waals surface area contributed by atoms with Crippen molar-refractivity contribution in [1.82, 2.24) is 9.78 Å². The molecule has 0 radical (unpaired) electrons. The van der Waals surface area contributed by atoms with Crippen molar-refractivity contribution in [3.8, 4) is 11.3 Å². The van der Waals surface area contributed by atoms with Crippen LogP contribution in [0, 0.1) is 5.82 Å². The Morgan fingerprint density at radius 1 is 0.788 bits per heavy atom. The summed E-state index contributed by atoms with van der Waals surface area (Å²) in [5.41, 5.74) is -3.64. The molecule has 1 heterocycles. The van der Waals surface area contributed by atoms with Gasteiger partial charge in [-0.25, -0.2) is 4.39 Å². The van der Waals surface area contributed by atoms with Gasteiger partial charge in [0.15, 0.2) is 0 Å². The first kappa shape index (κ1) is 22.5. The molecule has 4 rings (SSSR count). The van der Waals surface area contributed by atoms with E-state index in [4.69, 9.17) is 0 Å². The number of aromatic nitrogens is 2. The van der Waals surface area contributed by atoms with Gasteiger partial charge in [-0.05, 0) is 42.0 Å². The number of alkyl halides is 6. The van der Waals surface area contributed by atoms with E-state index in [2.05, 4.69) is 5.10 Å². The van der Waals surface area contributed by atoms with Crippen LogP contribution in [0.4, 0.5) is 30.7 Å². The van der Waals surface area contributed by atoms with E-state index in [-0.39, 0.29) is 11.9 Å².